The van der Waals surface area contributed by atoms with E-state index in [9.17, 15) is 9.50 Å². The van der Waals surface area contributed by atoms with Crippen LogP contribution >= 0.6 is 0 Å². The molecule has 2 N–H and O–H groups in total. The topological polar surface area (TPSA) is 72.2 Å². The highest BCUT2D eigenvalue weighted by Crippen LogP contribution is 2.58. The average Bonchev–Trinajstić information content (AvgIpc) is 3.67. The van der Waals surface area contributed by atoms with Gasteiger partial charge in [0.2, 0.25) is 5.88 Å². The summed E-state index contributed by atoms with van der Waals surface area (Å²) in [5, 5.41) is 20.6. The minimum Gasteiger partial charge on any atom is -0.508 e. The van der Waals surface area contributed by atoms with Gasteiger partial charge in [0, 0.05) is 16.9 Å². The van der Waals surface area contributed by atoms with Crippen LogP contribution in [0.2, 0.25) is 0 Å². The Bertz CT molecular complexity index is 1700. The second kappa shape index (κ2) is 8.40. The molecule has 4 aliphatic rings. The van der Waals surface area contributed by atoms with E-state index in [0.29, 0.717) is 39.4 Å². The molecule has 3 atom stereocenters. The second-order valence-electron chi connectivity index (χ2n) is 11.6. The second-order valence-corrected chi connectivity index (χ2v) is 11.6. The van der Waals surface area contributed by atoms with Crippen LogP contribution in [0.15, 0.2) is 24.3 Å². The fourth-order valence-electron chi connectivity index (χ4n) is 7.01. The first-order valence-electron chi connectivity index (χ1n) is 13.9. The van der Waals surface area contributed by atoms with E-state index in [4.69, 9.17) is 21.2 Å². The van der Waals surface area contributed by atoms with Gasteiger partial charge in [0.25, 0.3) is 0 Å². The Morgan fingerprint density at radius 1 is 1.05 bits per heavy atom. The van der Waals surface area contributed by atoms with Crippen molar-refractivity contribution in [3.8, 4) is 35.2 Å². The van der Waals surface area contributed by atoms with Crippen LogP contribution in [0.25, 0.3) is 32.9 Å². The summed E-state index contributed by atoms with van der Waals surface area (Å²) >= 11 is 0. The number of fused-ring (bicyclic) bond motifs is 3. The highest BCUT2D eigenvalue weighted by Gasteiger charge is 2.56. The third-order valence-corrected chi connectivity index (χ3v) is 9.11. The number of terminal acetylenes is 1. The summed E-state index contributed by atoms with van der Waals surface area (Å²) in [5.74, 6) is 2.84. The Labute approximate surface area is 224 Å². The van der Waals surface area contributed by atoms with Crippen molar-refractivity contribution < 1.29 is 18.6 Å². The third kappa shape index (κ3) is 3.49. The Balaban J connectivity index is 1.43. The van der Waals surface area contributed by atoms with Crippen LogP contribution in [0.4, 0.5) is 8.78 Å². The van der Waals surface area contributed by atoms with Gasteiger partial charge in [0.05, 0.1) is 22.7 Å². The lowest BCUT2D eigenvalue weighted by molar-refractivity contribution is 0.204. The maximum absolute atomic E-state index is 16.9. The van der Waals surface area contributed by atoms with Crippen LogP contribution in [-0.2, 0) is 0 Å². The number of benzene rings is 2. The van der Waals surface area contributed by atoms with Gasteiger partial charge >= 0.3 is 0 Å². The maximum atomic E-state index is 16.9. The van der Waals surface area contributed by atoms with Gasteiger partial charge < -0.3 is 15.2 Å². The van der Waals surface area contributed by atoms with Crippen molar-refractivity contribution in [2.24, 2.45) is 11.8 Å². The monoisotopic (exact) mass is 526 g/mol. The van der Waals surface area contributed by atoms with Crippen LogP contribution in [0.1, 0.15) is 61.7 Å². The molecule has 8 heteroatoms. The van der Waals surface area contributed by atoms with Gasteiger partial charge in [-0.3, -0.25) is 4.68 Å². The standard InChI is InChI=1S/C31H28F2N4O2/c1-2-19-23(32)10-7-15-11-17(38)12-20(24(15)19)28-27(33)30-26(31(35-28)39-18-5-3-4-6-18)29(36-37(30)16-8-9-16)25-21-13-34-14-22(21)25/h1,7,10-12,16,18,21-22,25,34,38H,3-6,8-9,13-14H2/t21-,22+,25?. The smallest absolute Gasteiger partial charge is 0.225 e. The summed E-state index contributed by atoms with van der Waals surface area (Å²) in [6, 6.07) is 5.83. The van der Waals surface area contributed by atoms with Crippen molar-refractivity contribution in [3.05, 3.63) is 47.2 Å². The molecule has 1 unspecified atom stereocenters. The number of hydrogen-bond donors (Lipinski definition) is 2. The summed E-state index contributed by atoms with van der Waals surface area (Å²) in [4.78, 5) is 4.82. The van der Waals surface area contributed by atoms with Gasteiger partial charge in [0.15, 0.2) is 5.82 Å². The predicted molar refractivity (Wildman–Crippen MR) is 144 cm³/mol. The van der Waals surface area contributed by atoms with E-state index in [0.717, 1.165) is 57.3 Å². The van der Waals surface area contributed by atoms with Gasteiger partial charge in [0.1, 0.15) is 28.9 Å². The third-order valence-electron chi connectivity index (χ3n) is 9.11. The number of nitrogens with zero attached hydrogens (tertiary/aromatic N) is 3. The van der Waals surface area contributed by atoms with Crippen LogP contribution in [0.3, 0.4) is 0 Å². The van der Waals surface area contributed by atoms with Crippen molar-refractivity contribution in [2.75, 3.05) is 13.1 Å². The molecule has 0 radical (unpaired) electrons. The van der Waals surface area contributed by atoms with Gasteiger partial charge in [-0.25, -0.2) is 13.8 Å². The zero-order valence-corrected chi connectivity index (χ0v) is 21.4. The highest BCUT2D eigenvalue weighted by atomic mass is 19.1. The Morgan fingerprint density at radius 2 is 1.82 bits per heavy atom. The molecule has 8 rings (SSSR count). The average molecular weight is 527 g/mol. The van der Waals surface area contributed by atoms with E-state index in [1.807, 2.05) is 4.68 Å². The zero-order chi connectivity index (χ0) is 26.4. The van der Waals surface area contributed by atoms with Crippen molar-refractivity contribution in [3.63, 3.8) is 0 Å². The van der Waals surface area contributed by atoms with Crippen molar-refractivity contribution in [1.29, 1.82) is 0 Å². The summed E-state index contributed by atoms with van der Waals surface area (Å²) in [6.45, 7) is 1.88. The maximum Gasteiger partial charge on any atom is 0.225 e. The van der Waals surface area contributed by atoms with Crippen LogP contribution in [-0.4, -0.2) is 39.1 Å². The van der Waals surface area contributed by atoms with E-state index in [1.165, 1.54) is 24.3 Å². The number of phenols is 1. The lowest BCUT2D eigenvalue weighted by Crippen LogP contribution is -2.15. The fraction of sp³-hybridized carbons (Fsp3) is 0.419. The zero-order valence-electron chi connectivity index (χ0n) is 21.4. The van der Waals surface area contributed by atoms with Crippen LogP contribution in [0, 0.1) is 35.8 Å². The van der Waals surface area contributed by atoms with E-state index in [2.05, 4.69) is 11.2 Å². The van der Waals surface area contributed by atoms with Crippen LogP contribution in [0.5, 0.6) is 11.6 Å². The largest absolute Gasteiger partial charge is 0.508 e. The number of piperidine rings is 1. The number of rotatable bonds is 5. The lowest BCUT2D eigenvalue weighted by Gasteiger charge is -2.17. The number of nitrogens with one attached hydrogen (secondary N) is 1. The molecular formula is C31H28F2N4O2. The first kappa shape index (κ1) is 23.2. The fourth-order valence-corrected chi connectivity index (χ4v) is 7.01. The van der Waals surface area contributed by atoms with Crippen molar-refractivity contribution >= 4 is 21.7 Å². The first-order chi connectivity index (χ1) is 19.0. The van der Waals surface area contributed by atoms with Crippen molar-refractivity contribution in [2.45, 2.75) is 56.6 Å². The molecule has 6 nitrogen and oxygen atoms in total. The molecule has 2 aromatic carbocycles. The van der Waals surface area contributed by atoms with Crippen molar-refractivity contribution in [1.82, 2.24) is 20.1 Å². The normalized spacial score (nSPS) is 24.4. The molecule has 198 valence electrons. The molecule has 0 amide bonds. The van der Waals surface area contributed by atoms with Gasteiger partial charge in [-0.15, -0.1) is 6.42 Å². The first-order valence-corrected chi connectivity index (χ1v) is 13.9. The Kier molecular flexibility index (Phi) is 5.00. The van der Waals surface area contributed by atoms with E-state index < -0.39 is 11.6 Å². The molecule has 0 bridgehead atoms. The molecule has 4 fully saturated rings. The summed E-state index contributed by atoms with van der Waals surface area (Å²) in [7, 11) is 0. The van der Waals surface area contributed by atoms with E-state index >= 15 is 4.39 Å². The minimum atomic E-state index is -0.583. The summed E-state index contributed by atoms with van der Waals surface area (Å²) in [5.41, 5.74) is 1.51. The van der Waals surface area contributed by atoms with Gasteiger partial charge in [-0.1, -0.05) is 12.0 Å². The quantitative estimate of drug-likeness (QED) is 0.322. The number of hydrogen-bond acceptors (Lipinski definition) is 5. The number of phenolic OH excluding ortho intramolecular Hbond substituents is 1. The Morgan fingerprint density at radius 3 is 2.54 bits per heavy atom. The number of ether oxygens (including phenoxy) is 1. The highest BCUT2D eigenvalue weighted by molar-refractivity contribution is 6.03. The SMILES string of the molecule is C#Cc1c(F)ccc2cc(O)cc(-c3nc(OC4CCCC4)c4c(C5[C@H]6CNC[C@@H]56)nn(C5CC5)c4c3F)c12. The molecule has 1 saturated heterocycles. The molecular weight excluding hydrogens is 498 g/mol. The molecule has 1 aliphatic heterocycles. The molecule has 3 aliphatic carbocycles. The molecule has 39 heavy (non-hydrogen) atoms. The van der Waals surface area contributed by atoms with E-state index in [1.54, 1.807) is 0 Å². The lowest BCUT2D eigenvalue weighted by atomic mass is 9.95. The predicted octanol–water partition coefficient (Wildman–Crippen LogP) is 5.81. The van der Waals surface area contributed by atoms with Crippen LogP contribution < -0.4 is 10.1 Å². The van der Waals surface area contributed by atoms with Gasteiger partial charge in [-0.05, 0) is 87.0 Å². The number of halogens is 2. The number of aromatic hydroxyl groups is 1. The van der Waals surface area contributed by atoms with E-state index in [-0.39, 0.29) is 40.6 Å². The summed E-state index contributed by atoms with van der Waals surface area (Å²) in [6.07, 6.45) is 11.6. The minimum absolute atomic E-state index is 0.00357. The molecule has 0 spiro atoms. The number of aromatic nitrogens is 3. The molecule has 3 saturated carbocycles. The summed E-state index contributed by atoms with van der Waals surface area (Å²) < 4.78 is 40.1. The molecule has 2 aromatic heterocycles. The number of pyridine rings is 1. The molecule has 4 aromatic rings. The van der Waals surface area contributed by atoms with Gasteiger partial charge in [-0.2, -0.15) is 5.10 Å². The molecule has 3 heterocycles. The Hall–Kier alpha value is -3.70.